The molecule has 0 bridgehead atoms. The Hall–Kier alpha value is -1.38. The van der Waals surface area contributed by atoms with E-state index in [9.17, 15) is 0 Å². The lowest BCUT2D eigenvalue weighted by molar-refractivity contribution is 0.870. The number of aromatic nitrogens is 3. The minimum Gasteiger partial charge on any atom is -0.233 e. The first kappa shape index (κ1) is 7.06. The van der Waals surface area contributed by atoms with Crippen LogP contribution in [0, 0.1) is 6.92 Å². The second-order valence-corrected chi connectivity index (χ2v) is 3.70. The highest BCUT2D eigenvalue weighted by Crippen LogP contribution is 2.39. The van der Waals surface area contributed by atoms with E-state index < -0.39 is 0 Å². The first-order valence-electron chi connectivity index (χ1n) is 4.66. The quantitative estimate of drug-likeness (QED) is 0.659. The molecular formula is C10H11N3. The van der Waals surface area contributed by atoms with Gasteiger partial charge in [0.25, 0.3) is 0 Å². The number of aryl methyl sites for hydroxylation is 1. The highest BCUT2D eigenvalue weighted by Gasteiger charge is 2.25. The second kappa shape index (κ2) is 2.31. The van der Waals surface area contributed by atoms with Crippen molar-refractivity contribution in [3.05, 3.63) is 29.7 Å². The SMILES string of the molecule is Cc1cc(C2CC2)nc2ccnn12. The van der Waals surface area contributed by atoms with E-state index in [-0.39, 0.29) is 0 Å². The Morgan fingerprint density at radius 1 is 1.46 bits per heavy atom. The molecule has 0 amide bonds. The normalized spacial score (nSPS) is 16.7. The number of nitrogens with zero attached hydrogens (tertiary/aromatic N) is 3. The van der Waals surface area contributed by atoms with Crippen LogP contribution in [0.3, 0.4) is 0 Å². The van der Waals surface area contributed by atoms with Crippen LogP contribution < -0.4 is 0 Å². The molecule has 1 fully saturated rings. The predicted molar refractivity (Wildman–Crippen MR) is 49.7 cm³/mol. The molecule has 13 heavy (non-hydrogen) atoms. The molecule has 0 aromatic carbocycles. The fourth-order valence-electron chi connectivity index (χ4n) is 1.68. The zero-order valence-corrected chi connectivity index (χ0v) is 7.57. The summed E-state index contributed by atoms with van der Waals surface area (Å²) in [6, 6.07) is 4.11. The maximum Gasteiger partial charge on any atom is 0.155 e. The number of fused-ring (bicyclic) bond motifs is 1. The lowest BCUT2D eigenvalue weighted by Crippen LogP contribution is -1.98. The van der Waals surface area contributed by atoms with Crippen molar-refractivity contribution in [2.24, 2.45) is 0 Å². The van der Waals surface area contributed by atoms with Crippen LogP contribution in [0.4, 0.5) is 0 Å². The van der Waals surface area contributed by atoms with Crippen molar-refractivity contribution in [3.63, 3.8) is 0 Å². The van der Waals surface area contributed by atoms with Crippen LogP contribution in [0.2, 0.25) is 0 Å². The summed E-state index contributed by atoms with van der Waals surface area (Å²) in [5, 5.41) is 4.19. The molecule has 2 aromatic rings. The molecule has 66 valence electrons. The van der Waals surface area contributed by atoms with E-state index in [1.165, 1.54) is 24.2 Å². The molecule has 1 aliphatic carbocycles. The van der Waals surface area contributed by atoms with Crippen molar-refractivity contribution in [1.82, 2.24) is 14.6 Å². The van der Waals surface area contributed by atoms with E-state index in [1.807, 2.05) is 10.6 Å². The Bertz CT molecular complexity index is 454. The molecule has 1 aliphatic rings. The largest absolute Gasteiger partial charge is 0.233 e. The van der Waals surface area contributed by atoms with Crippen LogP contribution >= 0.6 is 0 Å². The molecule has 0 aliphatic heterocycles. The topological polar surface area (TPSA) is 30.2 Å². The molecule has 2 heterocycles. The Kier molecular flexibility index (Phi) is 1.26. The van der Waals surface area contributed by atoms with Gasteiger partial charge in [-0.3, -0.25) is 0 Å². The number of rotatable bonds is 1. The maximum absolute atomic E-state index is 4.56. The van der Waals surface area contributed by atoms with Gasteiger partial charge < -0.3 is 0 Å². The van der Waals surface area contributed by atoms with Gasteiger partial charge in [0.1, 0.15) is 0 Å². The molecule has 3 nitrogen and oxygen atoms in total. The number of hydrogen-bond donors (Lipinski definition) is 0. The zero-order valence-electron chi connectivity index (χ0n) is 7.57. The van der Waals surface area contributed by atoms with Gasteiger partial charge in [-0.2, -0.15) is 5.10 Å². The molecule has 0 N–H and O–H groups in total. The summed E-state index contributed by atoms with van der Waals surface area (Å²) in [4.78, 5) is 4.56. The molecule has 0 radical (unpaired) electrons. The van der Waals surface area contributed by atoms with Gasteiger partial charge in [0.2, 0.25) is 0 Å². The average molecular weight is 173 g/mol. The molecule has 0 spiro atoms. The highest BCUT2D eigenvalue weighted by molar-refractivity contribution is 5.39. The third-order valence-electron chi connectivity index (χ3n) is 2.55. The molecule has 0 atom stereocenters. The summed E-state index contributed by atoms with van der Waals surface area (Å²) < 4.78 is 1.88. The van der Waals surface area contributed by atoms with Crippen LogP contribution in [0.5, 0.6) is 0 Å². The highest BCUT2D eigenvalue weighted by atomic mass is 15.2. The van der Waals surface area contributed by atoms with E-state index in [4.69, 9.17) is 0 Å². The van der Waals surface area contributed by atoms with Gasteiger partial charge in [0, 0.05) is 23.4 Å². The van der Waals surface area contributed by atoms with Crippen LogP contribution in [0.15, 0.2) is 18.3 Å². The lowest BCUT2D eigenvalue weighted by atomic mass is 10.2. The molecule has 1 saturated carbocycles. The van der Waals surface area contributed by atoms with Crippen molar-refractivity contribution in [2.75, 3.05) is 0 Å². The maximum atomic E-state index is 4.56. The summed E-state index contributed by atoms with van der Waals surface area (Å²) in [6.45, 7) is 2.08. The minimum absolute atomic E-state index is 0.721. The van der Waals surface area contributed by atoms with Crippen LogP contribution in [0.1, 0.15) is 30.1 Å². The van der Waals surface area contributed by atoms with E-state index in [0.717, 1.165) is 11.6 Å². The van der Waals surface area contributed by atoms with Crippen molar-refractivity contribution < 1.29 is 0 Å². The van der Waals surface area contributed by atoms with Crippen LogP contribution in [-0.2, 0) is 0 Å². The summed E-state index contributed by atoms with van der Waals surface area (Å²) >= 11 is 0. The molecule has 0 saturated heterocycles. The molecule has 2 aromatic heterocycles. The standard InChI is InChI=1S/C10H11N3/c1-7-6-9(8-2-3-8)12-10-4-5-11-13(7)10/h4-6,8H,2-3H2,1H3. The summed E-state index contributed by atoms with van der Waals surface area (Å²) in [7, 11) is 0. The molecular weight excluding hydrogens is 162 g/mol. The number of hydrogen-bond acceptors (Lipinski definition) is 2. The summed E-state index contributed by atoms with van der Waals surface area (Å²) in [5.74, 6) is 0.721. The average Bonchev–Trinajstić information content (AvgIpc) is 2.85. The monoisotopic (exact) mass is 173 g/mol. The Balaban J connectivity index is 2.27. The third-order valence-corrected chi connectivity index (χ3v) is 2.55. The Labute approximate surface area is 76.4 Å². The van der Waals surface area contributed by atoms with Gasteiger partial charge >= 0.3 is 0 Å². The molecule has 3 heteroatoms. The van der Waals surface area contributed by atoms with Gasteiger partial charge in [-0.05, 0) is 25.8 Å². The molecule has 0 unspecified atom stereocenters. The first-order chi connectivity index (χ1) is 6.34. The third kappa shape index (κ3) is 1.03. The van der Waals surface area contributed by atoms with Gasteiger partial charge in [-0.1, -0.05) is 0 Å². The van der Waals surface area contributed by atoms with Crippen molar-refractivity contribution >= 4 is 5.65 Å². The smallest absolute Gasteiger partial charge is 0.155 e. The zero-order chi connectivity index (χ0) is 8.84. The van der Waals surface area contributed by atoms with Gasteiger partial charge in [0.15, 0.2) is 5.65 Å². The van der Waals surface area contributed by atoms with Crippen molar-refractivity contribution in [3.8, 4) is 0 Å². The van der Waals surface area contributed by atoms with E-state index in [2.05, 4.69) is 23.1 Å². The Morgan fingerprint density at radius 3 is 3.08 bits per heavy atom. The summed E-state index contributed by atoms with van der Waals surface area (Å²) in [6.07, 6.45) is 4.40. The minimum atomic E-state index is 0.721. The Morgan fingerprint density at radius 2 is 2.31 bits per heavy atom. The lowest BCUT2D eigenvalue weighted by Gasteiger charge is -2.02. The second-order valence-electron chi connectivity index (χ2n) is 3.70. The summed E-state index contributed by atoms with van der Waals surface area (Å²) in [5.41, 5.74) is 3.39. The van der Waals surface area contributed by atoms with Gasteiger partial charge in [-0.25, -0.2) is 9.50 Å². The fourth-order valence-corrected chi connectivity index (χ4v) is 1.68. The van der Waals surface area contributed by atoms with Gasteiger partial charge in [0.05, 0.1) is 6.20 Å². The van der Waals surface area contributed by atoms with E-state index in [1.54, 1.807) is 6.20 Å². The van der Waals surface area contributed by atoms with Crippen LogP contribution in [-0.4, -0.2) is 14.6 Å². The predicted octanol–water partition coefficient (Wildman–Crippen LogP) is 1.92. The van der Waals surface area contributed by atoms with Crippen LogP contribution in [0.25, 0.3) is 5.65 Å². The van der Waals surface area contributed by atoms with E-state index in [0.29, 0.717) is 0 Å². The molecule has 3 rings (SSSR count). The van der Waals surface area contributed by atoms with Crippen molar-refractivity contribution in [2.45, 2.75) is 25.7 Å². The van der Waals surface area contributed by atoms with Gasteiger partial charge in [-0.15, -0.1) is 0 Å². The van der Waals surface area contributed by atoms with Crippen molar-refractivity contribution in [1.29, 1.82) is 0 Å². The van der Waals surface area contributed by atoms with E-state index >= 15 is 0 Å². The fraction of sp³-hybridized carbons (Fsp3) is 0.400. The first-order valence-corrected chi connectivity index (χ1v) is 4.66.